The Kier molecular flexibility index (Phi) is 5.98. The van der Waals surface area contributed by atoms with Crippen LogP contribution < -0.4 is 0 Å². The zero-order valence-corrected chi connectivity index (χ0v) is 18.1. The van der Waals surface area contributed by atoms with Gasteiger partial charge < -0.3 is 10.2 Å². The third kappa shape index (κ3) is 3.54. The average Bonchev–Trinajstić information content (AvgIpc) is 2.64. The summed E-state index contributed by atoms with van der Waals surface area (Å²) in [7, 11) is -5.17. The van der Waals surface area contributed by atoms with Crippen molar-refractivity contribution in [2.45, 2.75) is 4.75 Å². The van der Waals surface area contributed by atoms with Crippen LogP contribution in [0, 0.1) is 0 Å². The Morgan fingerprint density at radius 1 is 0.759 bits per heavy atom. The molecule has 0 bridgehead atoms. The minimum Gasteiger partial charge on any atom is -0.508 e. The van der Waals surface area contributed by atoms with Gasteiger partial charge in [-0.3, -0.25) is 4.55 Å². The predicted molar refractivity (Wildman–Crippen MR) is 114 cm³/mol. The van der Waals surface area contributed by atoms with Crippen molar-refractivity contribution < 1.29 is 23.2 Å². The van der Waals surface area contributed by atoms with E-state index in [9.17, 15) is 23.2 Å². The molecule has 0 saturated carbocycles. The zero-order valence-electron chi connectivity index (χ0n) is 14.3. The van der Waals surface area contributed by atoms with Gasteiger partial charge in [-0.25, -0.2) is 0 Å². The number of phenolic OH excluding ortho intramolecular Hbond substituents is 2. The molecule has 5 nitrogen and oxygen atoms in total. The van der Waals surface area contributed by atoms with Crippen LogP contribution in [0.3, 0.4) is 0 Å². The van der Waals surface area contributed by atoms with E-state index in [1.165, 1.54) is 42.5 Å². The van der Waals surface area contributed by atoms with Crippen LogP contribution in [-0.2, 0) is 14.9 Å². The molecule has 3 N–H and O–H groups in total. The molecule has 0 spiro atoms. The van der Waals surface area contributed by atoms with Crippen LogP contribution in [0.25, 0.3) is 0 Å². The van der Waals surface area contributed by atoms with E-state index >= 15 is 0 Å². The number of hydrogen-bond donors (Lipinski definition) is 3. The highest BCUT2D eigenvalue weighted by Crippen LogP contribution is 2.54. The highest BCUT2D eigenvalue weighted by molar-refractivity contribution is 7.87. The van der Waals surface area contributed by atoms with Crippen molar-refractivity contribution in [2.75, 3.05) is 0 Å². The van der Waals surface area contributed by atoms with Crippen molar-refractivity contribution in [1.29, 1.82) is 0 Å². The summed E-state index contributed by atoms with van der Waals surface area (Å²) in [4.78, 5) is 0. The molecule has 3 aromatic carbocycles. The summed E-state index contributed by atoms with van der Waals surface area (Å²) in [5.41, 5.74) is -0.765. The number of aromatic hydroxyl groups is 2. The van der Waals surface area contributed by atoms with Crippen LogP contribution in [0.4, 0.5) is 0 Å². The molecule has 0 heterocycles. The molecule has 0 aliphatic heterocycles. The summed E-state index contributed by atoms with van der Waals surface area (Å²) >= 11 is 25.2. The molecule has 0 saturated heterocycles. The maximum atomic E-state index is 13.0. The predicted octanol–water partition coefficient (Wildman–Crippen LogP) is 5.89. The Balaban J connectivity index is 2.71. The molecular formula is C19H12Cl4O5S. The molecule has 3 rings (SSSR count). The van der Waals surface area contributed by atoms with Crippen molar-refractivity contribution in [3.63, 3.8) is 0 Å². The SMILES string of the molecule is O=S(=O)(O)C(c1ccccc1Cl)(c1cc(O)ccc1Cl)c1c(Cl)ccc(O)c1Cl. The van der Waals surface area contributed by atoms with Crippen LogP contribution in [0.2, 0.25) is 20.1 Å². The fraction of sp³-hybridized carbons (Fsp3) is 0.0526. The maximum absolute atomic E-state index is 13.0. The normalized spacial score (nSPS) is 13.8. The molecule has 1 unspecified atom stereocenters. The van der Waals surface area contributed by atoms with Crippen LogP contribution in [0.15, 0.2) is 54.6 Å². The standard InChI is InChI=1S/C19H12Cl4O5S/c20-13-4-2-1-3-11(13)19(29(26,27)28,12-9-10(24)5-6-14(12)21)17-15(22)7-8-16(25)18(17)23/h1-9,24-25H,(H,26,27,28). The molecule has 0 amide bonds. The van der Waals surface area contributed by atoms with Gasteiger partial charge >= 0.3 is 0 Å². The fourth-order valence-electron chi connectivity index (χ4n) is 3.22. The fourth-order valence-corrected chi connectivity index (χ4v) is 6.00. The molecular weight excluding hydrogens is 482 g/mol. The molecule has 1 atom stereocenters. The molecule has 152 valence electrons. The van der Waals surface area contributed by atoms with Gasteiger partial charge in [0.15, 0.2) is 4.75 Å². The highest BCUT2D eigenvalue weighted by atomic mass is 35.5. The summed E-state index contributed by atoms with van der Waals surface area (Å²) in [5.74, 6) is -0.820. The lowest BCUT2D eigenvalue weighted by Crippen LogP contribution is -2.39. The summed E-state index contributed by atoms with van der Waals surface area (Å²) in [5, 5.41) is 19.4. The van der Waals surface area contributed by atoms with E-state index in [-0.39, 0.29) is 37.5 Å². The first-order valence-electron chi connectivity index (χ1n) is 7.90. The van der Waals surface area contributed by atoms with Crippen LogP contribution in [0.1, 0.15) is 16.7 Å². The van der Waals surface area contributed by atoms with Gasteiger partial charge in [-0.05, 0) is 36.4 Å². The minimum atomic E-state index is -5.17. The Morgan fingerprint density at radius 2 is 1.34 bits per heavy atom. The molecule has 0 aliphatic carbocycles. The van der Waals surface area contributed by atoms with Crippen molar-refractivity contribution >= 4 is 56.5 Å². The van der Waals surface area contributed by atoms with Crippen molar-refractivity contribution in [2.24, 2.45) is 0 Å². The molecule has 0 radical (unpaired) electrons. The first-order valence-corrected chi connectivity index (χ1v) is 10.9. The summed E-state index contributed by atoms with van der Waals surface area (Å²) in [6.07, 6.45) is 0. The smallest absolute Gasteiger partial charge is 0.283 e. The zero-order chi connectivity index (χ0) is 21.6. The van der Waals surface area contributed by atoms with Gasteiger partial charge in [-0.15, -0.1) is 0 Å². The monoisotopic (exact) mass is 492 g/mol. The van der Waals surface area contributed by atoms with E-state index in [1.54, 1.807) is 6.07 Å². The van der Waals surface area contributed by atoms with Gasteiger partial charge in [0.2, 0.25) is 0 Å². The molecule has 29 heavy (non-hydrogen) atoms. The van der Waals surface area contributed by atoms with Gasteiger partial charge in [-0.2, -0.15) is 8.42 Å². The van der Waals surface area contributed by atoms with Crippen molar-refractivity contribution in [3.8, 4) is 11.5 Å². The summed E-state index contributed by atoms with van der Waals surface area (Å²) < 4.78 is 34.1. The van der Waals surface area contributed by atoms with Crippen LogP contribution in [-0.4, -0.2) is 23.2 Å². The van der Waals surface area contributed by atoms with E-state index in [0.29, 0.717) is 0 Å². The molecule has 10 heteroatoms. The number of halogens is 4. The Hall–Kier alpha value is -1.67. The quantitative estimate of drug-likeness (QED) is 0.311. The Morgan fingerprint density at radius 3 is 1.97 bits per heavy atom. The topological polar surface area (TPSA) is 94.8 Å². The number of phenols is 2. The lowest BCUT2D eigenvalue weighted by Gasteiger charge is -2.35. The van der Waals surface area contributed by atoms with Crippen molar-refractivity contribution in [1.82, 2.24) is 0 Å². The van der Waals surface area contributed by atoms with Gasteiger partial charge in [0.25, 0.3) is 10.1 Å². The van der Waals surface area contributed by atoms with Gasteiger partial charge in [0.05, 0.1) is 5.02 Å². The summed E-state index contributed by atoms with van der Waals surface area (Å²) in [6.45, 7) is 0. The van der Waals surface area contributed by atoms with Crippen LogP contribution in [0.5, 0.6) is 11.5 Å². The van der Waals surface area contributed by atoms with Crippen LogP contribution >= 0.6 is 46.4 Å². The second-order valence-corrected chi connectivity index (χ2v) is 9.22. The highest BCUT2D eigenvalue weighted by Gasteiger charge is 2.53. The first kappa shape index (κ1) is 22.0. The average molecular weight is 494 g/mol. The van der Waals surface area contributed by atoms with E-state index in [0.717, 1.165) is 6.07 Å². The third-order valence-corrected chi connectivity index (χ3v) is 7.17. The molecule has 0 aliphatic rings. The lowest BCUT2D eigenvalue weighted by molar-refractivity contribution is 0.455. The van der Waals surface area contributed by atoms with E-state index < -0.39 is 25.6 Å². The number of benzene rings is 3. The second-order valence-electron chi connectivity index (χ2n) is 6.06. The Bertz CT molecular complexity index is 1210. The molecule has 0 fully saturated rings. The maximum Gasteiger partial charge on any atom is 0.283 e. The van der Waals surface area contributed by atoms with E-state index in [4.69, 9.17) is 46.4 Å². The van der Waals surface area contributed by atoms with E-state index in [2.05, 4.69) is 0 Å². The first-order chi connectivity index (χ1) is 13.5. The molecule has 3 aromatic rings. The molecule has 0 aromatic heterocycles. The van der Waals surface area contributed by atoms with Crippen molar-refractivity contribution in [3.05, 3.63) is 91.4 Å². The van der Waals surface area contributed by atoms with Gasteiger partial charge in [0.1, 0.15) is 11.5 Å². The largest absolute Gasteiger partial charge is 0.508 e. The number of hydrogen-bond acceptors (Lipinski definition) is 4. The Labute approximate surface area is 186 Å². The minimum absolute atomic E-state index is 0.0555. The van der Waals surface area contributed by atoms with Gasteiger partial charge in [-0.1, -0.05) is 64.6 Å². The lowest BCUT2D eigenvalue weighted by atomic mass is 9.83. The second kappa shape index (κ2) is 7.87. The summed E-state index contributed by atoms with van der Waals surface area (Å²) in [6, 6.07) is 11.7. The third-order valence-electron chi connectivity index (χ3n) is 4.39. The van der Waals surface area contributed by atoms with E-state index in [1.807, 2.05) is 0 Å². The number of rotatable bonds is 4. The van der Waals surface area contributed by atoms with Gasteiger partial charge in [0, 0.05) is 31.8 Å².